The third kappa shape index (κ3) is 1.84. The van der Waals surface area contributed by atoms with Crippen LogP contribution in [0.1, 0.15) is 45.5 Å². The van der Waals surface area contributed by atoms with E-state index in [-0.39, 0.29) is 12.1 Å². The van der Waals surface area contributed by atoms with Crippen LogP contribution in [-0.2, 0) is 11.2 Å². The van der Waals surface area contributed by atoms with Crippen molar-refractivity contribution in [3.05, 3.63) is 64.7 Å². The molecule has 2 aromatic carbocycles. The van der Waals surface area contributed by atoms with Gasteiger partial charge in [-0.3, -0.25) is 0 Å². The Kier molecular flexibility index (Phi) is 2.74. The predicted molar refractivity (Wildman–Crippen MR) is 78.7 cm³/mol. The Labute approximate surface area is 123 Å². The summed E-state index contributed by atoms with van der Waals surface area (Å²) in [6.45, 7) is 0. The monoisotopic (exact) mass is 280 g/mol. The van der Waals surface area contributed by atoms with Crippen LogP contribution in [0.15, 0.2) is 42.5 Å². The highest BCUT2D eigenvalue weighted by Crippen LogP contribution is 2.51. The van der Waals surface area contributed by atoms with E-state index in [0.29, 0.717) is 11.5 Å². The van der Waals surface area contributed by atoms with Crippen LogP contribution in [0.2, 0.25) is 0 Å². The molecule has 1 aliphatic carbocycles. The fourth-order valence-corrected chi connectivity index (χ4v) is 3.51. The van der Waals surface area contributed by atoms with Crippen LogP contribution in [0.3, 0.4) is 0 Å². The number of esters is 1. The molecule has 4 rings (SSSR count). The molecule has 2 atom stereocenters. The Hall–Kier alpha value is -2.29. The van der Waals surface area contributed by atoms with E-state index in [9.17, 15) is 4.79 Å². The van der Waals surface area contributed by atoms with Gasteiger partial charge in [0.15, 0.2) is 0 Å². The maximum atomic E-state index is 11.7. The van der Waals surface area contributed by atoms with Crippen LogP contribution in [-0.4, -0.2) is 13.1 Å². The fraction of sp³-hybridized carbons (Fsp3) is 0.278. The maximum absolute atomic E-state index is 11.7. The zero-order valence-corrected chi connectivity index (χ0v) is 11.8. The van der Waals surface area contributed by atoms with E-state index in [1.54, 1.807) is 6.07 Å². The summed E-state index contributed by atoms with van der Waals surface area (Å²) < 4.78 is 11.0. The zero-order chi connectivity index (χ0) is 14.4. The molecule has 0 saturated carbocycles. The van der Waals surface area contributed by atoms with Gasteiger partial charge < -0.3 is 9.47 Å². The van der Waals surface area contributed by atoms with E-state index in [2.05, 4.69) is 24.3 Å². The van der Waals surface area contributed by atoms with Crippen LogP contribution >= 0.6 is 0 Å². The van der Waals surface area contributed by atoms with Gasteiger partial charge >= 0.3 is 5.97 Å². The predicted octanol–water partition coefficient (Wildman–Crippen LogP) is 3.64. The van der Waals surface area contributed by atoms with Crippen LogP contribution in [0, 0.1) is 0 Å². The molecular weight excluding hydrogens is 264 g/mol. The number of carbonyl (C=O) groups excluding carboxylic acids is 1. The first-order valence-corrected chi connectivity index (χ1v) is 7.24. The van der Waals surface area contributed by atoms with Gasteiger partial charge in [-0.2, -0.15) is 0 Å². The second-order valence-corrected chi connectivity index (χ2v) is 5.63. The Morgan fingerprint density at radius 3 is 2.90 bits per heavy atom. The molecule has 0 bridgehead atoms. The zero-order valence-electron chi connectivity index (χ0n) is 11.8. The number of rotatable bonds is 1. The molecule has 2 aromatic rings. The van der Waals surface area contributed by atoms with Gasteiger partial charge in [0.25, 0.3) is 0 Å². The van der Waals surface area contributed by atoms with Gasteiger partial charge in [-0.15, -0.1) is 0 Å². The van der Waals surface area contributed by atoms with Crippen LogP contribution in [0.25, 0.3) is 0 Å². The highest BCUT2D eigenvalue weighted by molar-refractivity contribution is 5.90. The lowest BCUT2D eigenvalue weighted by atomic mass is 9.79. The van der Waals surface area contributed by atoms with Gasteiger partial charge in [-0.25, -0.2) is 4.79 Å². The number of benzene rings is 2. The minimum absolute atomic E-state index is 0.0813. The van der Waals surface area contributed by atoms with Crippen molar-refractivity contribution in [1.82, 2.24) is 0 Å². The molecule has 21 heavy (non-hydrogen) atoms. The van der Waals surface area contributed by atoms with E-state index >= 15 is 0 Å². The highest BCUT2D eigenvalue weighted by Gasteiger charge is 2.39. The molecule has 0 radical (unpaired) electrons. The minimum Gasteiger partial charge on any atom is -0.485 e. The van der Waals surface area contributed by atoms with Crippen molar-refractivity contribution in [1.29, 1.82) is 0 Å². The van der Waals surface area contributed by atoms with E-state index in [1.807, 2.05) is 12.1 Å². The number of carbonyl (C=O) groups is 1. The van der Waals surface area contributed by atoms with Crippen molar-refractivity contribution in [2.45, 2.75) is 24.9 Å². The average molecular weight is 280 g/mol. The third-order valence-corrected chi connectivity index (χ3v) is 4.54. The Balaban J connectivity index is 1.76. The Morgan fingerprint density at radius 2 is 2.05 bits per heavy atom. The summed E-state index contributed by atoms with van der Waals surface area (Å²) in [5.41, 5.74) is 4.39. The molecule has 3 nitrogen and oxygen atoms in total. The lowest BCUT2D eigenvalue weighted by Crippen LogP contribution is -2.18. The van der Waals surface area contributed by atoms with Gasteiger partial charge in [0, 0.05) is 11.5 Å². The molecule has 2 aliphatic rings. The molecule has 1 heterocycles. The van der Waals surface area contributed by atoms with Crippen molar-refractivity contribution in [3.8, 4) is 5.75 Å². The van der Waals surface area contributed by atoms with Crippen LogP contribution in [0.5, 0.6) is 5.75 Å². The summed E-state index contributed by atoms with van der Waals surface area (Å²) >= 11 is 0. The second kappa shape index (κ2) is 4.62. The average Bonchev–Trinajstić information content (AvgIpc) is 2.92. The molecule has 0 spiro atoms. The molecule has 0 N–H and O–H groups in total. The van der Waals surface area contributed by atoms with Gasteiger partial charge in [0.1, 0.15) is 11.9 Å². The van der Waals surface area contributed by atoms with Crippen molar-refractivity contribution in [3.63, 3.8) is 0 Å². The van der Waals surface area contributed by atoms with Gasteiger partial charge in [0.2, 0.25) is 0 Å². The second-order valence-electron chi connectivity index (χ2n) is 5.63. The van der Waals surface area contributed by atoms with Gasteiger partial charge in [-0.1, -0.05) is 24.3 Å². The summed E-state index contributed by atoms with van der Waals surface area (Å²) in [6, 6.07) is 14.1. The lowest BCUT2D eigenvalue weighted by molar-refractivity contribution is 0.0600. The number of aryl methyl sites for hydroxylation is 1. The molecular formula is C18H16O3. The lowest BCUT2D eigenvalue weighted by Gasteiger charge is -2.27. The molecule has 0 unspecified atom stereocenters. The molecule has 0 amide bonds. The normalized spacial score (nSPS) is 21.8. The Morgan fingerprint density at radius 1 is 1.19 bits per heavy atom. The van der Waals surface area contributed by atoms with E-state index in [4.69, 9.17) is 9.47 Å². The number of hydrogen-bond acceptors (Lipinski definition) is 3. The first kappa shape index (κ1) is 12.5. The maximum Gasteiger partial charge on any atom is 0.337 e. The first-order chi connectivity index (χ1) is 10.3. The molecule has 106 valence electrons. The van der Waals surface area contributed by atoms with E-state index in [1.165, 1.54) is 18.2 Å². The highest BCUT2D eigenvalue weighted by atomic mass is 16.5. The fourth-order valence-electron chi connectivity index (χ4n) is 3.51. The van der Waals surface area contributed by atoms with Crippen LogP contribution < -0.4 is 4.74 Å². The SMILES string of the molecule is COC(=O)c1ccc2c(c1)[C@@H]1CCc3ccccc3[C@@H]1O2. The number of hydrogen-bond donors (Lipinski definition) is 0. The largest absolute Gasteiger partial charge is 0.485 e. The Bertz CT molecular complexity index is 720. The van der Waals surface area contributed by atoms with Crippen LogP contribution in [0.4, 0.5) is 0 Å². The number of fused-ring (bicyclic) bond motifs is 5. The molecule has 0 fully saturated rings. The summed E-state index contributed by atoms with van der Waals surface area (Å²) in [5, 5.41) is 0. The minimum atomic E-state index is -0.294. The third-order valence-electron chi connectivity index (χ3n) is 4.54. The molecule has 1 aliphatic heterocycles. The molecule has 0 aromatic heterocycles. The summed E-state index contributed by atoms with van der Waals surface area (Å²) in [7, 11) is 1.41. The van der Waals surface area contributed by atoms with Crippen molar-refractivity contribution < 1.29 is 14.3 Å². The van der Waals surface area contributed by atoms with E-state index < -0.39 is 0 Å². The van der Waals surface area contributed by atoms with Gasteiger partial charge in [-0.05, 0) is 42.2 Å². The van der Waals surface area contributed by atoms with Crippen molar-refractivity contribution in [2.24, 2.45) is 0 Å². The number of methoxy groups -OCH3 is 1. The number of ether oxygens (including phenoxy) is 2. The standard InChI is InChI=1S/C18H16O3/c1-20-18(19)12-7-9-16-15(10-12)14-8-6-11-4-2-3-5-13(11)17(14)21-16/h2-5,7,9-10,14,17H,6,8H2,1H3/t14-,17-/m0/s1. The quantitative estimate of drug-likeness (QED) is 0.748. The van der Waals surface area contributed by atoms with Crippen molar-refractivity contribution >= 4 is 5.97 Å². The first-order valence-electron chi connectivity index (χ1n) is 7.24. The van der Waals surface area contributed by atoms with Crippen molar-refractivity contribution in [2.75, 3.05) is 7.11 Å². The summed E-state index contributed by atoms with van der Waals surface area (Å²) in [4.78, 5) is 11.7. The molecule has 0 saturated heterocycles. The van der Waals surface area contributed by atoms with Gasteiger partial charge in [0.05, 0.1) is 12.7 Å². The smallest absolute Gasteiger partial charge is 0.337 e. The summed E-state index contributed by atoms with van der Waals surface area (Å²) in [5.74, 6) is 0.936. The topological polar surface area (TPSA) is 35.5 Å². The summed E-state index contributed by atoms with van der Waals surface area (Å²) in [6.07, 6.45) is 2.19. The van der Waals surface area contributed by atoms with E-state index in [0.717, 1.165) is 24.2 Å². The molecule has 3 heteroatoms.